The molecule has 0 bridgehead atoms. The first-order valence-electron chi connectivity index (χ1n) is 5.40. The zero-order valence-electron chi connectivity index (χ0n) is 10.8. The Bertz CT molecular complexity index is 526. The highest BCUT2D eigenvalue weighted by atomic mass is 35.5. The van der Waals surface area contributed by atoms with Gasteiger partial charge in [-0.2, -0.15) is 5.10 Å². The van der Waals surface area contributed by atoms with Crippen molar-refractivity contribution in [2.24, 2.45) is 5.10 Å². The second kappa shape index (κ2) is 7.72. The van der Waals surface area contributed by atoms with E-state index >= 15 is 0 Å². The number of hydrogen-bond donors (Lipinski definition) is 1. The Kier molecular flexibility index (Phi) is 6.27. The van der Waals surface area contributed by atoms with Gasteiger partial charge >= 0.3 is 11.9 Å². The predicted molar refractivity (Wildman–Crippen MR) is 76.2 cm³/mol. The SMILES string of the molecule is COC(=O)C/C(=N\Nc1cc(Cl)cc(Cl)c1)C(=O)OC. The van der Waals surface area contributed by atoms with Crippen molar-refractivity contribution in [1.29, 1.82) is 0 Å². The van der Waals surface area contributed by atoms with Gasteiger partial charge < -0.3 is 9.47 Å². The van der Waals surface area contributed by atoms with Crippen LogP contribution in [0.15, 0.2) is 23.3 Å². The Hall–Kier alpha value is -1.79. The summed E-state index contributed by atoms with van der Waals surface area (Å²) in [5, 5.41) is 4.62. The molecule has 20 heavy (non-hydrogen) atoms. The molecule has 0 spiro atoms. The number of hydrazone groups is 1. The molecule has 8 heteroatoms. The summed E-state index contributed by atoms with van der Waals surface area (Å²) >= 11 is 11.6. The molecule has 0 unspecified atom stereocenters. The van der Waals surface area contributed by atoms with Gasteiger partial charge in [-0.3, -0.25) is 10.2 Å². The molecule has 0 aliphatic rings. The Labute approximate surface area is 125 Å². The lowest BCUT2D eigenvalue weighted by atomic mass is 10.3. The van der Waals surface area contributed by atoms with Crippen LogP contribution >= 0.6 is 23.2 Å². The van der Waals surface area contributed by atoms with E-state index in [1.165, 1.54) is 14.2 Å². The number of nitrogens with zero attached hydrogens (tertiary/aromatic N) is 1. The van der Waals surface area contributed by atoms with Crippen molar-refractivity contribution in [3.05, 3.63) is 28.2 Å². The van der Waals surface area contributed by atoms with Gasteiger partial charge in [0.05, 0.1) is 26.3 Å². The molecular formula is C12H12Cl2N2O4. The molecule has 0 amide bonds. The van der Waals surface area contributed by atoms with Crippen LogP contribution in [0.5, 0.6) is 0 Å². The van der Waals surface area contributed by atoms with E-state index in [0.717, 1.165) is 0 Å². The fraction of sp³-hybridized carbons (Fsp3) is 0.250. The number of ether oxygens (including phenoxy) is 2. The number of nitrogens with one attached hydrogen (secondary N) is 1. The minimum Gasteiger partial charge on any atom is -0.469 e. The average Bonchev–Trinajstić information content (AvgIpc) is 2.41. The Morgan fingerprint density at radius 2 is 1.75 bits per heavy atom. The highest BCUT2D eigenvalue weighted by Crippen LogP contribution is 2.22. The zero-order chi connectivity index (χ0) is 15.1. The van der Waals surface area contributed by atoms with Gasteiger partial charge in [0.25, 0.3) is 0 Å². The molecule has 0 fully saturated rings. The van der Waals surface area contributed by atoms with E-state index in [0.29, 0.717) is 15.7 Å². The fourth-order valence-electron chi connectivity index (χ4n) is 1.23. The molecule has 1 aromatic rings. The van der Waals surface area contributed by atoms with E-state index in [9.17, 15) is 9.59 Å². The second-order valence-corrected chi connectivity index (χ2v) is 4.45. The second-order valence-electron chi connectivity index (χ2n) is 3.57. The summed E-state index contributed by atoms with van der Waals surface area (Å²) in [4.78, 5) is 22.6. The van der Waals surface area contributed by atoms with E-state index < -0.39 is 11.9 Å². The first-order valence-corrected chi connectivity index (χ1v) is 6.15. The van der Waals surface area contributed by atoms with Crippen LogP contribution < -0.4 is 5.43 Å². The lowest BCUT2D eigenvalue weighted by Gasteiger charge is -2.06. The van der Waals surface area contributed by atoms with E-state index in [4.69, 9.17) is 23.2 Å². The fourth-order valence-corrected chi connectivity index (χ4v) is 1.76. The largest absolute Gasteiger partial charge is 0.469 e. The van der Waals surface area contributed by atoms with Crippen molar-refractivity contribution >= 4 is 46.5 Å². The number of benzene rings is 1. The third-order valence-corrected chi connectivity index (χ3v) is 2.58. The summed E-state index contributed by atoms with van der Waals surface area (Å²) in [6, 6.07) is 4.67. The summed E-state index contributed by atoms with van der Waals surface area (Å²) in [7, 11) is 2.40. The number of carbonyl (C=O) groups is 2. The lowest BCUT2D eigenvalue weighted by molar-refractivity contribution is -0.140. The topological polar surface area (TPSA) is 77.0 Å². The van der Waals surface area contributed by atoms with Crippen molar-refractivity contribution in [1.82, 2.24) is 0 Å². The van der Waals surface area contributed by atoms with Crippen LogP contribution in [0.25, 0.3) is 0 Å². The Morgan fingerprint density at radius 3 is 2.25 bits per heavy atom. The van der Waals surface area contributed by atoms with Gasteiger partial charge in [0.2, 0.25) is 0 Å². The predicted octanol–water partition coefficient (Wildman–Crippen LogP) is 2.50. The summed E-state index contributed by atoms with van der Waals surface area (Å²) < 4.78 is 8.99. The molecule has 0 saturated carbocycles. The van der Waals surface area contributed by atoms with Crippen molar-refractivity contribution in [3.8, 4) is 0 Å². The van der Waals surface area contributed by atoms with Crippen molar-refractivity contribution in [2.45, 2.75) is 6.42 Å². The number of esters is 2. The normalized spacial score (nSPS) is 10.9. The maximum atomic E-state index is 11.5. The van der Waals surface area contributed by atoms with E-state index in [1.807, 2.05) is 0 Å². The smallest absolute Gasteiger partial charge is 0.354 e. The summed E-state index contributed by atoms with van der Waals surface area (Å²) in [6.07, 6.45) is -0.315. The molecule has 0 aliphatic carbocycles. The maximum Gasteiger partial charge on any atom is 0.354 e. The molecule has 0 radical (unpaired) electrons. The first kappa shape index (κ1) is 16.3. The molecule has 0 aromatic heterocycles. The van der Waals surface area contributed by atoms with Crippen LogP contribution in [0, 0.1) is 0 Å². The average molecular weight is 319 g/mol. The number of anilines is 1. The van der Waals surface area contributed by atoms with Crippen molar-refractivity contribution < 1.29 is 19.1 Å². The number of methoxy groups -OCH3 is 2. The maximum absolute atomic E-state index is 11.5. The summed E-state index contributed by atoms with van der Waals surface area (Å²) in [6.45, 7) is 0. The first-order chi connectivity index (χ1) is 9.46. The Balaban J connectivity index is 2.90. The van der Waals surface area contributed by atoms with Crippen molar-refractivity contribution in [3.63, 3.8) is 0 Å². The van der Waals surface area contributed by atoms with Gasteiger partial charge in [-0.15, -0.1) is 0 Å². The van der Waals surface area contributed by atoms with Gasteiger partial charge in [-0.1, -0.05) is 23.2 Å². The minimum atomic E-state index is -0.740. The molecule has 0 saturated heterocycles. The zero-order valence-corrected chi connectivity index (χ0v) is 12.3. The Morgan fingerprint density at radius 1 is 1.15 bits per heavy atom. The summed E-state index contributed by atoms with van der Waals surface area (Å²) in [5.41, 5.74) is 2.92. The van der Waals surface area contributed by atoms with Crippen LogP contribution in [-0.4, -0.2) is 31.9 Å². The van der Waals surface area contributed by atoms with Crippen LogP contribution in [0.3, 0.4) is 0 Å². The van der Waals surface area contributed by atoms with Gasteiger partial charge in [0, 0.05) is 10.0 Å². The van der Waals surface area contributed by atoms with Gasteiger partial charge in [-0.05, 0) is 18.2 Å². The molecular weight excluding hydrogens is 307 g/mol. The monoisotopic (exact) mass is 318 g/mol. The van der Waals surface area contributed by atoms with Crippen molar-refractivity contribution in [2.75, 3.05) is 19.6 Å². The highest BCUT2D eigenvalue weighted by molar-refractivity contribution is 6.39. The van der Waals surface area contributed by atoms with Crippen LogP contribution in [0.1, 0.15) is 6.42 Å². The standard InChI is InChI=1S/C12H12Cl2N2O4/c1-19-11(17)6-10(12(18)20-2)16-15-9-4-7(13)3-8(14)5-9/h3-5,15H,6H2,1-2H3/b16-10+. The van der Waals surface area contributed by atoms with Gasteiger partial charge in [-0.25, -0.2) is 4.79 Å². The molecule has 108 valence electrons. The number of halogens is 2. The lowest BCUT2D eigenvalue weighted by Crippen LogP contribution is -2.21. The molecule has 1 rings (SSSR count). The molecule has 6 nitrogen and oxygen atoms in total. The molecule has 1 aromatic carbocycles. The highest BCUT2D eigenvalue weighted by Gasteiger charge is 2.17. The third kappa shape index (κ3) is 5.07. The number of carbonyl (C=O) groups excluding carboxylic acids is 2. The molecule has 0 heterocycles. The van der Waals surface area contributed by atoms with Gasteiger partial charge in [0.1, 0.15) is 0 Å². The van der Waals surface area contributed by atoms with E-state index in [1.54, 1.807) is 18.2 Å². The van der Waals surface area contributed by atoms with Crippen LogP contribution in [0.4, 0.5) is 5.69 Å². The van der Waals surface area contributed by atoms with E-state index in [-0.39, 0.29) is 12.1 Å². The van der Waals surface area contributed by atoms with Crippen LogP contribution in [0.2, 0.25) is 10.0 Å². The number of hydrogen-bond acceptors (Lipinski definition) is 6. The molecule has 0 atom stereocenters. The molecule has 0 aliphatic heterocycles. The minimum absolute atomic E-state index is 0.129. The van der Waals surface area contributed by atoms with Gasteiger partial charge in [0.15, 0.2) is 5.71 Å². The van der Waals surface area contributed by atoms with E-state index in [2.05, 4.69) is 20.0 Å². The summed E-state index contributed by atoms with van der Waals surface area (Å²) in [5.74, 6) is -1.35. The number of rotatable bonds is 5. The third-order valence-electron chi connectivity index (χ3n) is 2.14. The molecule has 1 N–H and O–H groups in total. The quantitative estimate of drug-likeness (QED) is 0.512. The van der Waals surface area contributed by atoms with Crippen LogP contribution in [-0.2, 0) is 19.1 Å².